The van der Waals surface area contributed by atoms with E-state index in [1.807, 2.05) is 26.0 Å². The highest BCUT2D eigenvalue weighted by Crippen LogP contribution is 2.30. The molecule has 2 aliphatic heterocycles. The van der Waals surface area contributed by atoms with Gasteiger partial charge in [0.15, 0.2) is 0 Å². The molecule has 0 unspecified atom stereocenters. The molecule has 3 heterocycles. The van der Waals surface area contributed by atoms with Crippen molar-refractivity contribution >= 4 is 11.6 Å². The summed E-state index contributed by atoms with van der Waals surface area (Å²) in [6.07, 6.45) is 3.99. The second-order valence-corrected chi connectivity index (χ2v) is 10.4. The van der Waals surface area contributed by atoms with Gasteiger partial charge in [0.1, 0.15) is 0 Å². The predicted molar refractivity (Wildman–Crippen MR) is 152 cm³/mol. The van der Waals surface area contributed by atoms with Crippen molar-refractivity contribution < 1.29 is 9.53 Å². The number of carbonyl (C=O) groups excluding carboxylic acids is 1. The first kappa shape index (κ1) is 27.7. The van der Waals surface area contributed by atoms with Crippen LogP contribution in [0.4, 0.5) is 5.69 Å². The molecule has 0 saturated carbocycles. The van der Waals surface area contributed by atoms with Crippen molar-refractivity contribution in [1.29, 1.82) is 0 Å². The lowest BCUT2D eigenvalue weighted by molar-refractivity contribution is 0.0845. The van der Waals surface area contributed by atoms with Crippen LogP contribution in [-0.2, 0) is 11.3 Å². The zero-order chi connectivity index (χ0) is 27.2. The molecule has 0 aliphatic carbocycles. The molecule has 38 heavy (non-hydrogen) atoms. The Morgan fingerprint density at radius 2 is 1.87 bits per heavy atom. The van der Waals surface area contributed by atoms with E-state index in [9.17, 15) is 9.59 Å². The molecule has 0 atom stereocenters. The Labute approximate surface area is 225 Å². The number of piperidine rings is 1. The number of amides is 1. The maximum absolute atomic E-state index is 13.6. The lowest BCUT2D eigenvalue weighted by Crippen LogP contribution is -2.40. The van der Waals surface area contributed by atoms with Crippen LogP contribution < -0.4 is 26.9 Å². The number of nitrogens with zero attached hydrogens (tertiary/aromatic N) is 2. The molecule has 8 heteroatoms. The second-order valence-electron chi connectivity index (χ2n) is 10.4. The summed E-state index contributed by atoms with van der Waals surface area (Å²) < 4.78 is 6.73. The molecule has 4 rings (SSSR count). The first-order valence-electron chi connectivity index (χ1n) is 13.8. The Balaban J connectivity index is 1.67. The third-order valence-electron chi connectivity index (χ3n) is 7.85. The van der Waals surface area contributed by atoms with Crippen LogP contribution in [0.5, 0.6) is 0 Å². The molecule has 0 bridgehead atoms. The molecule has 1 aromatic carbocycles. The Morgan fingerprint density at radius 3 is 2.55 bits per heavy atom. The van der Waals surface area contributed by atoms with Crippen molar-refractivity contribution in [1.82, 2.24) is 15.3 Å². The molecular formula is C30H41N5O3. The van der Waals surface area contributed by atoms with Crippen LogP contribution in [0, 0.1) is 38.5 Å². The number of aromatic nitrogens is 1. The molecule has 2 saturated heterocycles. The molecule has 204 valence electrons. The van der Waals surface area contributed by atoms with Crippen LogP contribution in [0.1, 0.15) is 70.9 Å². The highest BCUT2D eigenvalue weighted by Gasteiger charge is 2.25. The average Bonchev–Trinajstić information content (AvgIpc) is 2.93. The minimum Gasteiger partial charge on any atom is -0.381 e. The number of benzene rings is 1. The number of nitrogens with one attached hydrogen (secondary N) is 2. The first-order valence-corrected chi connectivity index (χ1v) is 13.8. The van der Waals surface area contributed by atoms with E-state index in [0.717, 1.165) is 85.6 Å². The topological polar surface area (TPSA) is 102 Å². The largest absolute Gasteiger partial charge is 0.381 e. The molecule has 4 N–H and O–H groups in total. The number of nitrogen functional groups attached to an aromatic ring is 1. The summed E-state index contributed by atoms with van der Waals surface area (Å²) in [6, 6.07) is 6.24. The van der Waals surface area contributed by atoms with Gasteiger partial charge in [-0.15, -0.1) is 0 Å². The number of pyridine rings is 1. The van der Waals surface area contributed by atoms with E-state index in [1.165, 1.54) is 0 Å². The number of aryl methyl sites for hydroxylation is 2. The van der Waals surface area contributed by atoms with Crippen LogP contribution in [0.25, 0.3) is 0 Å². The van der Waals surface area contributed by atoms with Gasteiger partial charge in [-0.25, -0.2) is 4.68 Å². The number of hydrogen-bond acceptors (Lipinski definition) is 6. The van der Waals surface area contributed by atoms with E-state index in [4.69, 9.17) is 10.6 Å². The smallest absolute Gasteiger partial charge is 0.274 e. The number of anilines is 1. The molecular weight excluding hydrogens is 478 g/mol. The van der Waals surface area contributed by atoms with E-state index in [2.05, 4.69) is 40.4 Å². The lowest BCUT2D eigenvalue weighted by atomic mass is 9.96. The normalized spacial score (nSPS) is 16.5. The Morgan fingerprint density at radius 1 is 1.16 bits per heavy atom. The van der Waals surface area contributed by atoms with Crippen molar-refractivity contribution in [2.24, 2.45) is 5.92 Å². The zero-order valence-corrected chi connectivity index (χ0v) is 23.2. The highest BCUT2D eigenvalue weighted by molar-refractivity contribution is 5.97. The molecule has 8 nitrogen and oxygen atoms in total. The highest BCUT2D eigenvalue weighted by atomic mass is 16.5. The van der Waals surface area contributed by atoms with E-state index >= 15 is 0 Å². The maximum Gasteiger partial charge on any atom is 0.274 e. The van der Waals surface area contributed by atoms with Gasteiger partial charge in [0.05, 0.1) is 0 Å². The zero-order valence-electron chi connectivity index (χ0n) is 23.2. The van der Waals surface area contributed by atoms with Crippen molar-refractivity contribution in [3.8, 4) is 11.8 Å². The van der Waals surface area contributed by atoms with Gasteiger partial charge in [0.25, 0.3) is 11.5 Å². The average molecular weight is 520 g/mol. The first-order chi connectivity index (χ1) is 18.3. The van der Waals surface area contributed by atoms with Crippen LogP contribution >= 0.6 is 0 Å². The second kappa shape index (κ2) is 12.5. The quantitative estimate of drug-likeness (QED) is 0.401. The molecule has 2 fully saturated rings. The van der Waals surface area contributed by atoms with E-state index in [-0.39, 0.29) is 18.0 Å². The molecule has 2 aliphatic rings. The number of hydrogen-bond donors (Lipinski definition) is 3. The number of rotatable bonds is 6. The fourth-order valence-electron chi connectivity index (χ4n) is 5.50. The summed E-state index contributed by atoms with van der Waals surface area (Å²) in [6.45, 7) is 12.2. The van der Waals surface area contributed by atoms with Gasteiger partial charge in [-0.05, 0) is 95.8 Å². The molecule has 1 aromatic heterocycles. The minimum atomic E-state index is -0.293. The standard InChI is InChI=1S/C30H41N5O3/c1-5-34(25-10-14-38-15-11-25)28-18-24(7-6-23-8-12-32-13-9-23)17-26(22(28)4)29(36)33-19-27-20(2)16-21(3)35(31)30(27)37/h16-18,23,25,32H,5,8-15,19,31H2,1-4H3,(H,33,36). The van der Waals surface area contributed by atoms with Crippen molar-refractivity contribution in [3.63, 3.8) is 0 Å². The third kappa shape index (κ3) is 6.23. The summed E-state index contributed by atoms with van der Waals surface area (Å²) in [5, 5.41) is 6.36. The molecule has 0 radical (unpaired) electrons. The summed E-state index contributed by atoms with van der Waals surface area (Å²) >= 11 is 0. The van der Waals surface area contributed by atoms with Crippen molar-refractivity contribution in [2.75, 3.05) is 43.6 Å². The molecule has 0 spiro atoms. The SMILES string of the molecule is CCN(c1cc(C#CC2CCNCC2)cc(C(=O)NCc2c(C)cc(C)n(N)c2=O)c1C)C1CCOCC1. The Hall–Kier alpha value is -3.28. The van der Waals surface area contributed by atoms with Crippen molar-refractivity contribution in [2.45, 2.75) is 66.0 Å². The van der Waals surface area contributed by atoms with Crippen LogP contribution in [0.3, 0.4) is 0 Å². The van der Waals surface area contributed by atoms with E-state index in [0.29, 0.717) is 28.8 Å². The summed E-state index contributed by atoms with van der Waals surface area (Å²) in [4.78, 5) is 28.7. The Kier molecular flexibility index (Phi) is 9.13. The van der Waals surface area contributed by atoms with Crippen LogP contribution in [0.2, 0.25) is 0 Å². The number of nitrogens with two attached hydrogens (primary N) is 1. The van der Waals surface area contributed by atoms with Gasteiger partial charge >= 0.3 is 0 Å². The van der Waals surface area contributed by atoms with E-state index in [1.54, 1.807) is 6.92 Å². The van der Waals surface area contributed by atoms with Crippen molar-refractivity contribution in [3.05, 3.63) is 62.1 Å². The summed E-state index contributed by atoms with van der Waals surface area (Å²) in [7, 11) is 0. The molecule has 2 aromatic rings. The fraction of sp³-hybridized carbons (Fsp3) is 0.533. The number of carbonyl (C=O) groups is 1. The third-order valence-corrected chi connectivity index (χ3v) is 7.85. The molecule has 1 amide bonds. The monoisotopic (exact) mass is 519 g/mol. The lowest BCUT2D eigenvalue weighted by Gasteiger charge is -2.36. The maximum atomic E-state index is 13.6. The van der Waals surface area contributed by atoms with Gasteiger partial charge in [-0.1, -0.05) is 11.8 Å². The van der Waals surface area contributed by atoms with Gasteiger partial charge < -0.3 is 26.1 Å². The number of ether oxygens (including phenoxy) is 1. The van der Waals surface area contributed by atoms with Gasteiger partial charge in [0.2, 0.25) is 0 Å². The Bertz CT molecular complexity index is 1280. The van der Waals surface area contributed by atoms with Crippen LogP contribution in [-0.4, -0.2) is 49.5 Å². The van der Waals surface area contributed by atoms with Gasteiger partial charge in [-0.3, -0.25) is 9.59 Å². The van der Waals surface area contributed by atoms with Crippen LogP contribution in [0.15, 0.2) is 23.0 Å². The summed E-state index contributed by atoms with van der Waals surface area (Å²) in [5.74, 6) is 12.9. The van der Waals surface area contributed by atoms with Gasteiger partial charge in [-0.2, -0.15) is 0 Å². The summed E-state index contributed by atoms with van der Waals surface area (Å²) in [5.41, 5.74) is 5.07. The van der Waals surface area contributed by atoms with Gasteiger partial charge in [0, 0.05) is 66.3 Å². The fourth-order valence-corrected chi connectivity index (χ4v) is 5.50. The predicted octanol–water partition coefficient (Wildman–Crippen LogP) is 2.77. The minimum absolute atomic E-state index is 0.109. The van der Waals surface area contributed by atoms with E-state index < -0.39 is 0 Å².